The first kappa shape index (κ1) is 14.2. The fraction of sp³-hybridized carbons (Fsp3) is 0.214. The van der Waals surface area contributed by atoms with Crippen LogP contribution < -0.4 is 20.5 Å². The minimum Gasteiger partial charge on any atom is -0.497 e. The molecule has 0 amide bonds. The molecule has 0 bridgehead atoms. The van der Waals surface area contributed by atoms with Gasteiger partial charge in [-0.3, -0.25) is 5.73 Å². The highest BCUT2D eigenvalue weighted by Gasteiger charge is 2.25. The normalized spacial score (nSPS) is 16.8. The maximum Gasteiger partial charge on any atom is 0.172 e. The Hall–Kier alpha value is -1.76. The molecule has 7 heteroatoms. The van der Waals surface area contributed by atoms with E-state index >= 15 is 0 Å². The average Bonchev–Trinajstić information content (AvgIpc) is 2.93. The number of fused-ring (bicyclic) bond motifs is 1. The third-order valence-corrected chi connectivity index (χ3v) is 4.33. The van der Waals surface area contributed by atoms with Crippen LogP contribution in [0.25, 0.3) is 0 Å². The lowest BCUT2D eigenvalue weighted by atomic mass is 10.0. The number of nitrogens with one attached hydrogen (secondary N) is 1. The minimum atomic E-state index is -0.506. The van der Waals surface area contributed by atoms with E-state index in [2.05, 4.69) is 10.3 Å². The van der Waals surface area contributed by atoms with Gasteiger partial charge in [-0.1, -0.05) is 11.6 Å². The van der Waals surface area contributed by atoms with Gasteiger partial charge >= 0.3 is 0 Å². The van der Waals surface area contributed by atoms with Gasteiger partial charge in [-0.2, -0.15) is 0 Å². The van der Waals surface area contributed by atoms with Crippen molar-refractivity contribution >= 4 is 33.7 Å². The van der Waals surface area contributed by atoms with Crippen molar-refractivity contribution in [3.8, 4) is 11.5 Å². The smallest absolute Gasteiger partial charge is 0.172 e. The first-order valence-corrected chi connectivity index (χ1v) is 7.49. The SMILES string of the molecule is COc1cc(Cl)c(C2=NC(N)Nc3sccc32)c(OC)c1. The van der Waals surface area contributed by atoms with Crippen molar-refractivity contribution in [1.82, 2.24) is 0 Å². The highest BCUT2D eigenvalue weighted by molar-refractivity contribution is 7.14. The Labute approximate surface area is 131 Å². The highest BCUT2D eigenvalue weighted by atomic mass is 35.5. The standard InChI is InChI=1S/C14H14ClN3O2S/c1-19-7-5-9(15)11(10(6-7)20-2)12-8-3-4-21-13(8)18-14(16)17-12/h3-6,14,18H,16H2,1-2H3. The van der Waals surface area contributed by atoms with Gasteiger partial charge in [0.05, 0.1) is 30.5 Å². The van der Waals surface area contributed by atoms with Gasteiger partial charge in [0.1, 0.15) is 16.5 Å². The topological polar surface area (TPSA) is 68.9 Å². The van der Waals surface area contributed by atoms with Crippen molar-refractivity contribution in [2.75, 3.05) is 19.5 Å². The molecule has 5 nitrogen and oxygen atoms in total. The third-order valence-electron chi connectivity index (χ3n) is 3.19. The Morgan fingerprint density at radius 2 is 2.14 bits per heavy atom. The van der Waals surface area contributed by atoms with Crippen LogP contribution >= 0.6 is 22.9 Å². The van der Waals surface area contributed by atoms with E-state index in [1.54, 1.807) is 37.7 Å². The quantitative estimate of drug-likeness (QED) is 0.911. The third kappa shape index (κ3) is 2.46. The summed E-state index contributed by atoms with van der Waals surface area (Å²) in [4.78, 5) is 4.48. The lowest BCUT2D eigenvalue weighted by Crippen LogP contribution is -2.32. The summed E-state index contributed by atoms with van der Waals surface area (Å²) in [5, 5.41) is 6.58. The van der Waals surface area contributed by atoms with Crippen LogP contribution in [0.3, 0.4) is 0 Å². The van der Waals surface area contributed by atoms with E-state index < -0.39 is 6.29 Å². The first-order chi connectivity index (χ1) is 10.1. The number of methoxy groups -OCH3 is 2. The van der Waals surface area contributed by atoms with Gasteiger partial charge in [-0.15, -0.1) is 11.3 Å². The zero-order valence-electron chi connectivity index (χ0n) is 11.5. The van der Waals surface area contributed by atoms with Crippen molar-refractivity contribution < 1.29 is 9.47 Å². The lowest BCUT2D eigenvalue weighted by molar-refractivity contribution is 0.394. The second kappa shape index (κ2) is 5.55. The number of nitrogens with two attached hydrogens (primary N) is 1. The van der Waals surface area contributed by atoms with Gasteiger partial charge in [0.15, 0.2) is 6.29 Å². The predicted octanol–water partition coefficient (Wildman–Crippen LogP) is 2.92. The first-order valence-electron chi connectivity index (χ1n) is 6.23. The number of rotatable bonds is 3. The summed E-state index contributed by atoms with van der Waals surface area (Å²) in [6.45, 7) is 0. The summed E-state index contributed by atoms with van der Waals surface area (Å²) >= 11 is 7.98. The van der Waals surface area contributed by atoms with E-state index in [-0.39, 0.29) is 0 Å². The minimum absolute atomic E-state index is 0.506. The van der Waals surface area contributed by atoms with Gasteiger partial charge in [0.25, 0.3) is 0 Å². The number of nitrogens with zero attached hydrogens (tertiary/aromatic N) is 1. The molecular formula is C14H14ClN3O2S. The van der Waals surface area contributed by atoms with Crippen LogP contribution in [-0.4, -0.2) is 26.2 Å². The van der Waals surface area contributed by atoms with E-state index in [0.29, 0.717) is 16.5 Å². The van der Waals surface area contributed by atoms with Gasteiger partial charge in [-0.05, 0) is 17.5 Å². The van der Waals surface area contributed by atoms with Crippen LogP contribution in [-0.2, 0) is 0 Å². The molecule has 2 heterocycles. The van der Waals surface area contributed by atoms with Crippen LogP contribution in [0.15, 0.2) is 28.6 Å². The van der Waals surface area contributed by atoms with Crippen molar-refractivity contribution in [1.29, 1.82) is 0 Å². The van der Waals surface area contributed by atoms with E-state index in [1.165, 1.54) is 0 Å². The largest absolute Gasteiger partial charge is 0.497 e. The van der Waals surface area contributed by atoms with E-state index in [9.17, 15) is 0 Å². The zero-order chi connectivity index (χ0) is 15.0. The number of anilines is 1. The molecule has 0 fully saturated rings. The molecule has 0 radical (unpaired) electrons. The molecule has 1 aliphatic rings. The summed E-state index contributed by atoms with van der Waals surface area (Å²) in [6, 6.07) is 5.50. The Balaban J connectivity index is 2.20. The molecule has 0 spiro atoms. The lowest BCUT2D eigenvalue weighted by Gasteiger charge is -2.22. The average molecular weight is 324 g/mol. The Kier molecular flexibility index (Phi) is 3.75. The molecule has 3 rings (SSSR count). The maximum atomic E-state index is 6.41. The molecule has 0 saturated heterocycles. The van der Waals surface area contributed by atoms with Crippen molar-refractivity contribution in [3.05, 3.63) is 39.7 Å². The molecule has 0 aliphatic carbocycles. The number of benzene rings is 1. The molecule has 21 heavy (non-hydrogen) atoms. The molecule has 1 aliphatic heterocycles. The van der Waals surface area contributed by atoms with Crippen molar-refractivity contribution in [2.24, 2.45) is 10.7 Å². The maximum absolute atomic E-state index is 6.41. The van der Waals surface area contributed by atoms with Gasteiger partial charge < -0.3 is 14.8 Å². The number of halogens is 1. The second-order valence-corrected chi connectivity index (χ2v) is 5.74. The number of ether oxygens (including phenoxy) is 2. The Morgan fingerprint density at radius 1 is 1.33 bits per heavy atom. The molecule has 1 aromatic carbocycles. The Bertz CT molecular complexity index is 714. The number of aliphatic imine (C=N–C) groups is 1. The molecule has 0 saturated carbocycles. The van der Waals surface area contributed by atoms with E-state index in [4.69, 9.17) is 26.8 Å². The summed E-state index contributed by atoms with van der Waals surface area (Å²) < 4.78 is 10.7. The number of thiophene rings is 1. The van der Waals surface area contributed by atoms with Gasteiger partial charge in [0, 0.05) is 11.6 Å². The van der Waals surface area contributed by atoms with Crippen LogP contribution in [0.5, 0.6) is 11.5 Å². The van der Waals surface area contributed by atoms with Gasteiger partial charge in [0.2, 0.25) is 0 Å². The highest BCUT2D eigenvalue weighted by Crippen LogP contribution is 2.38. The molecule has 1 unspecified atom stereocenters. The summed E-state index contributed by atoms with van der Waals surface area (Å²) in [6.07, 6.45) is -0.506. The summed E-state index contributed by atoms with van der Waals surface area (Å²) in [5.41, 5.74) is 8.34. The molecule has 3 N–H and O–H groups in total. The van der Waals surface area contributed by atoms with Gasteiger partial charge in [-0.25, -0.2) is 4.99 Å². The van der Waals surface area contributed by atoms with Crippen LogP contribution in [0.1, 0.15) is 11.1 Å². The van der Waals surface area contributed by atoms with Crippen LogP contribution in [0.4, 0.5) is 5.00 Å². The summed E-state index contributed by atoms with van der Waals surface area (Å²) in [5.74, 6) is 1.23. The van der Waals surface area contributed by atoms with E-state index in [1.807, 2.05) is 11.4 Å². The monoisotopic (exact) mass is 323 g/mol. The fourth-order valence-electron chi connectivity index (χ4n) is 2.25. The molecule has 1 aromatic heterocycles. The van der Waals surface area contributed by atoms with Crippen molar-refractivity contribution in [3.63, 3.8) is 0 Å². The number of hydrogen-bond acceptors (Lipinski definition) is 6. The predicted molar refractivity (Wildman–Crippen MR) is 86.1 cm³/mol. The zero-order valence-corrected chi connectivity index (χ0v) is 13.1. The molecular weight excluding hydrogens is 310 g/mol. The van der Waals surface area contributed by atoms with Crippen LogP contribution in [0, 0.1) is 0 Å². The second-order valence-electron chi connectivity index (χ2n) is 4.42. The van der Waals surface area contributed by atoms with E-state index in [0.717, 1.165) is 21.8 Å². The molecule has 2 aromatic rings. The van der Waals surface area contributed by atoms with Crippen molar-refractivity contribution in [2.45, 2.75) is 6.29 Å². The number of hydrogen-bond donors (Lipinski definition) is 2. The Morgan fingerprint density at radius 3 is 2.86 bits per heavy atom. The molecule has 110 valence electrons. The fourth-order valence-corrected chi connectivity index (χ4v) is 3.36. The molecule has 1 atom stereocenters. The van der Waals surface area contributed by atoms with Crippen LogP contribution in [0.2, 0.25) is 5.02 Å². The summed E-state index contributed by atoms with van der Waals surface area (Å²) in [7, 11) is 3.17.